The van der Waals surface area contributed by atoms with Crippen LogP contribution in [0.1, 0.15) is 13.3 Å². The van der Waals surface area contributed by atoms with Gasteiger partial charge in [0.05, 0.1) is 6.33 Å². The highest BCUT2D eigenvalue weighted by atomic mass is 35.5. The lowest BCUT2D eigenvalue weighted by molar-refractivity contribution is 0.302. The van der Waals surface area contributed by atoms with Crippen LogP contribution in [0.2, 0.25) is 0 Å². The predicted molar refractivity (Wildman–Crippen MR) is 52.4 cm³/mol. The second-order valence-electron chi connectivity index (χ2n) is 1.84. The summed E-state index contributed by atoms with van der Waals surface area (Å²) in [7, 11) is 0. The summed E-state index contributed by atoms with van der Waals surface area (Å²) in [5.41, 5.74) is 0. The van der Waals surface area contributed by atoms with Crippen molar-refractivity contribution in [1.29, 1.82) is 0 Å². The number of rotatable bonds is 2. The van der Waals surface area contributed by atoms with Crippen molar-refractivity contribution in [3.63, 3.8) is 0 Å². The number of allylic oxidation sites excluding steroid dienone is 1. The van der Waals surface area contributed by atoms with Gasteiger partial charge in [0.2, 0.25) is 0 Å². The highest BCUT2D eigenvalue weighted by Gasteiger charge is 1.65. The van der Waals surface area contributed by atoms with E-state index in [9.17, 15) is 0 Å². The van der Waals surface area contributed by atoms with E-state index < -0.39 is 0 Å². The smallest absolute Gasteiger partial charge is 0.0919 e. The van der Waals surface area contributed by atoms with Crippen LogP contribution >= 0.6 is 12.4 Å². The van der Waals surface area contributed by atoms with Gasteiger partial charge >= 0.3 is 0 Å². The highest BCUT2D eigenvalue weighted by Crippen LogP contribution is 1.75. The van der Waals surface area contributed by atoms with Gasteiger partial charge in [-0.2, -0.15) is 0 Å². The number of aliphatic hydroxyl groups excluding tert-OH is 1. The minimum atomic E-state index is 0. The maximum Gasteiger partial charge on any atom is 0.0919 e. The van der Waals surface area contributed by atoms with Crippen LogP contribution in [0.5, 0.6) is 0 Å². The van der Waals surface area contributed by atoms with Gasteiger partial charge in [0, 0.05) is 19.0 Å². The molecule has 0 fully saturated rings. The summed E-state index contributed by atoms with van der Waals surface area (Å²) in [6.07, 6.45) is 9.73. The van der Waals surface area contributed by atoms with Crippen molar-refractivity contribution in [3.05, 3.63) is 30.9 Å². The standard InChI is InChI=1S/C5H10O.C3H4N2.ClH/c1-2-3-4-5-6;1-2-5-3-4-1;/h2-3,6H,4-5H2,1H3;1-3H,(H,4,5);1H. The molecule has 0 spiro atoms. The largest absolute Gasteiger partial charge is 0.396 e. The first kappa shape index (κ1) is 13.8. The van der Waals surface area contributed by atoms with Crippen LogP contribution in [-0.2, 0) is 0 Å². The van der Waals surface area contributed by atoms with Crippen molar-refractivity contribution in [2.75, 3.05) is 6.61 Å². The van der Waals surface area contributed by atoms with Gasteiger partial charge in [-0.3, -0.25) is 0 Å². The fraction of sp³-hybridized carbons (Fsp3) is 0.375. The molecule has 0 saturated carbocycles. The van der Waals surface area contributed by atoms with Gasteiger partial charge in [-0.15, -0.1) is 12.4 Å². The third-order valence-electron chi connectivity index (χ3n) is 0.937. The summed E-state index contributed by atoms with van der Waals surface area (Å²) in [6, 6.07) is 0. The molecule has 0 saturated heterocycles. The highest BCUT2D eigenvalue weighted by molar-refractivity contribution is 5.85. The monoisotopic (exact) mass is 190 g/mol. The van der Waals surface area contributed by atoms with Crippen LogP contribution in [0.3, 0.4) is 0 Å². The molecule has 1 aromatic rings. The fourth-order valence-corrected chi connectivity index (χ4v) is 0.456. The molecule has 0 aliphatic rings. The molecular formula is C8H15ClN2O. The maximum absolute atomic E-state index is 8.15. The molecule has 3 nitrogen and oxygen atoms in total. The van der Waals surface area contributed by atoms with E-state index in [2.05, 4.69) is 9.97 Å². The van der Waals surface area contributed by atoms with Crippen molar-refractivity contribution >= 4 is 12.4 Å². The fourth-order valence-electron chi connectivity index (χ4n) is 0.456. The zero-order valence-corrected chi connectivity index (χ0v) is 7.92. The van der Waals surface area contributed by atoms with E-state index in [0.29, 0.717) is 0 Å². The number of hydrogen-bond donors (Lipinski definition) is 2. The van der Waals surface area contributed by atoms with Crippen molar-refractivity contribution in [1.82, 2.24) is 9.97 Å². The number of H-pyrrole nitrogens is 1. The molecule has 1 aromatic heterocycles. The van der Waals surface area contributed by atoms with Crippen molar-refractivity contribution in [2.24, 2.45) is 0 Å². The third-order valence-corrected chi connectivity index (χ3v) is 0.937. The Morgan fingerprint density at radius 2 is 2.33 bits per heavy atom. The lowest BCUT2D eigenvalue weighted by atomic mass is 10.4. The van der Waals surface area contributed by atoms with Crippen LogP contribution in [0.15, 0.2) is 30.9 Å². The topological polar surface area (TPSA) is 48.9 Å². The molecule has 0 aliphatic carbocycles. The SMILES string of the molecule is CC=CCCO.Cl.c1c[nH]cn1. The van der Waals surface area contributed by atoms with Crippen LogP contribution in [0, 0.1) is 0 Å². The van der Waals surface area contributed by atoms with Crippen molar-refractivity contribution < 1.29 is 5.11 Å². The number of nitrogens with one attached hydrogen (secondary N) is 1. The van der Waals surface area contributed by atoms with Gasteiger partial charge in [-0.05, 0) is 13.3 Å². The van der Waals surface area contributed by atoms with Gasteiger partial charge in [-0.1, -0.05) is 12.2 Å². The van der Waals surface area contributed by atoms with E-state index in [1.165, 1.54) is 0 Å². The molecule has 0 aliphatic heterocycles. The van der Waals surface area contributed by atoms with Crippen LogP contribution < -0.4 is 0 Å². The van der Waals surface area contributed by atoms with E-state index in [4.69, 9.17) is 5.11 Å². The molecule has 0 aromatic carbocycles. The molecule has 70 valence electrons. The molecule has 0 bridgehead atoms. The number of aromatic nitrogens is 2. The Kier molecular flexibility index (Phi) is 14.7. The molecule has 4 heteroatoms. The maximum atomic E-state index is 8.15. The van der Waals surface area contributed by atoms with Crippen LogP contribution in [0.25, 0.3) is 0 Å². The molecule has 0 unspecified atom stereocenters. The first-order valence-corrected chi connectivity index (χ1v) is 3.56. The van der Waals surface area contributed by atoms with Crippen LogP contribution in [0.4, 0.5) is 0 Å². The summed E-state index contributed by atoms with van der Waals surface area (Å²) in [4.78, 5) is 6.42. The van der Waals surface area contributed by atoms with Crippen molar-refractivity contribution in [2.45, 2.75) is 13.3 Å². The Hall–Kier alpha value is -0.800. The molecule has 1 rings (SSSR count). The molecule has 0 radical (unpaired) electrons. The number of nitrogens with zero attached hydrogens (tertiary/aromatic N) is 1. The molecular weight excluding hydrogens is 176 g/mol. The molecule has 12 heavy (non-hydrogen) atoms. The first-order chi connectivity index (χ1) is 5.41. The average molecular weight is 191 g/mol. The van der Waals surface area contributed by atoms with Gasteiger partial charge < -0.3 is 10.1 Å². The summed E-state index contributed by atoms with van der Waals surface area (Å²) < 4.78 is 0. The Morgan fingerprint density at radius 1 is 1.58 bits per heavy atom. The number of aromatic amines is 1. The lowest BCUT2D eigenvalue weighted by Crippen LogP contribution is -1.73. The van der Waals surface area contributed by atoms with Gasteiger partial charge in [0.25, 0.3) is 0 Å². The second kappa shape index (κ2) is 12.8. The number of imidazole rings is 1. The minimum absolute atomic E-state index is 0. The molecule has 2 N–H and O–H groups in total. The number of hydrogen-bond acceptors (Lipinski definition) is 2. The lowest BCUT2D eigenvalue weighted by Gasteiger charge is -1.76. The normalized spacial score (nSPS) is 8.50. The predicted octanol–water partition coefficient (Wildman–Crippen LogP) is 1.78. The summed E-state index contributed by atoms with van der Waals surface area (Å²) >= 11 is 0. The summed E-state index contributed by atoms with van der Waals surface area (Å²) in [5.74, 6) is 0. The van der Waals surface area contributed by atoms with E-state index in [1.807, 2.05) is 19.1 Å². The number of halogens is 1. The van der Waals surface area contributed by atoms with Crippen molar-refractivity contribution in [3.8, 4) is 0 Å². The second-order valence-corrected chi connectivity index (χ2v) is 1.84. The zero-order chi connectivity index (χ0) is 8.36. The average Bonchev–Trinajstić information content (AvgIpc) is 2.57. The Balaban J connectivity index is 0. The Morgan fingerprint density at radius 3 is 2.50 bits per heavy atom. The van der Waals surface area contributed by atoms with Gasteiger partial charge in [0.15, 0.2) is 0 Å². The van der Waals surface area contributed by atoms with E-state index in [1.54, 1.807) is 18.7 Å². The quantitative estimate of drug-likeness (QED) is 0.699. The molecule has 0 amide bonds. The van der Waals surface area contributed by atoms with Gasteiger partial charge in [-0.25, -0.2) is 4.98 Å². The first-order valence-electron chi connectivity index (χ1n) is 3.56. The third kappa shape index (κ3) is 11.9. The molecule has 1 heterocycles. The summed E-state index contributed by atoms with van der Waals surface area (Å²) in [6.45, 7) is 2.21. The minimum Gasteiger partial charge on any atom is -0.396 e. The molecule has 0 atom stereocenters. The zero-order valence-electron chi connectivity index (χ0n) is 7.10. The Labute approximate surface area is 78.9 Å². The van der Waals surface area contributed by atoms with E-state index >= 15 is 0 Å². The van der Waals surface area contributed by atoms with Crippen LogP contribution in [-0.4, -0.2) is 21.7 Å². The van der Waals surface area contributed by atoms with Gasteiger partial charge in [0.1, 0.15) is 0 Å². The Bertz CT molecular complexity index is 146. The van der Waals surface area contributed by atoms with E-state index in [-0.39, 0.29) is 19.0 Å². The summed E-state index contributed by atoms with van der Waals surface area (Å²) in [5, 5.41) is 8.15. The van der Waals surface area contributed by atoms with E-state index in [0.717, 1.165) is 6.42 Å². The number of aliphatic hydroxyl groups is 1.